The fourth-order valence-electron chi connectivity index (χ4n) is 4.99. The number of carbonyl (C=O) groups is 1. The zero-order chi connectivity index (χ0) is 26.4. The average molecular weight is 496 g/mol. The molecule has 1 aromatic carbocycles. The highest BCUT2D eigenvalue weighted by atomic mass is 16.2. The number of allylic oxidation sites excluding steroid dienone is 3. The summed E-state index contributed by atoms with van der Waals surface area (Å²) in [5, 5.41) is 11.2. The molecular weight excluding hydrogens is 458 g/mol. The molecule has 0 spiro atoms. The molecule has 6 nitrogen and oxygen atoms in total. The van der Waals surface area contributed by atoms with E-state index < -0.39 is 0 Å². The molecule has 0 bridgehead atoms. The van der Waals surface area contributed by atoms with Gasteiger partial charge in [-0.3, -0.25) is 14.9 Å². The van der Waals surface area contributed by atoms with Crippen LogP contribution in [0.25, 0.3) is 0 Å². The van der Waals surface area contributed by atoms with Crippen molar-refractivity contribution in [3.8, 4) is 0 Å². The summed E-state index contributed by atoms with van der Waals surface area (Å²) in [5.41, 5.74) is 5.97. The smallest absolute Gasteiger partial charge is 0.254 e. The maximum atomic E-state index is 13.5. The Morgan fingerprint density at radius 1 is 1.32 bits per heavy atom. The van der Waals surface area contributed by atoms with Crippen molar-refractivity contribution in [2.24, 2.45) is 0 Å². The van der Waals surface area contributed by atoms with E-state index in [0.717, 1.165) is 36.3 Å². The molecule has 1 fully saturated rings. The van der Waals surface area contributed by atoms with Gasteiger partial charge >= 0.3 is 0 Å². The Morgan fingerprint density at radius 2 is 2.11 bits per heavy atom. The molecule has 2 aromatic heterocycles. The van der Waals surface area contributed by atoms with Crippen LogP contribution >= 0.6 is 0 Å². The van der Waals surface area contributed by atoms with Gasteiger partial charge in [-0.2, -0.15) is 5.10 Å². The highest BCUT2D eigenvalue weighted by Crippen LogP contribution is 2.50. The van der Waals surface area contributed by atoms with Crippen LogP contribution in [0, 0.1) is 6.92 Å². The normalized spacial score (nSPS) is 20.1. The number of nitrogens with zero attached hydrogens (tertiary/aromatic N) is 3. The van der Waals surface area contributed by atoms with E-state index in [1.807, 2.05) is 75.8 Å². The maximum Gasteiger partial charge on any atom is 0.254 e. The number of hydrogen-bond acceptors (Lipinski definition) is 4. The van der Waals surface area contributed by atoms with E-state index in [1.54, 1.807) is 11.0 Å². The van der Waals surface area contributed by atoms with Crippen LogP contribution in [0.2, 0.25) is 0 Å². The van der Waals surface area contributed by atoms with Crippen molar-refractivity contribution in [2.75, 3.05) is 13.6 Å². The van der Waals surface area contributed by atoms with Crippen LogP contribution < -0.4 is 5.32 Å². The van der Waals surface area contributed by atoms with Crippen LogP contribution in [0.1, 0.15) is 65.1 Å². The number of benzene rings is 1. The first-order valence-corrected chi connectivity index (χ1v) is 12.8. The predicted octanol–water partition coefficient (Wildman–Crippen LogP) is 5.69. The Labute approximate surface area is 220 Å². The topological polar surface area (TPSA) is 73.9 Å². The van der Waals surface area contributed by atoms with Gasteiger partial charge in [-0.15, -0.1) is 0 Å². The average Bonchev–Trinajstić information content (AvgIpc) is 3.40. The van der Waals surface area contributed by atoms with Crippen LogP contribution in [0.3, 0.4) is 0 Å². The standard InChI is InChI=1S/C31H37N5O/c1-6-9-24(10-7-2)29(28-19-22(3)34-35-28)36(5)30(37)25-14-12-23(13-15-25)16-18-33-31(4)20-27(31)26-11-8-17-32-21-26/h6-15,17,19,21,27,29,33H,1,16,18,20H2,2-5H3,(H,34,35)/b10-7-,24-9+. The third kappa shape index (κ3) is 6.15. The number of hydrogen-bond donors (Lipinski definition) is 2. The van der Waals surface area contributed by atoms with Gasteiger partial charge in [0, 0.05) is 42.2 Å². The first-order valence-electron chi connectivity index (χ1n) is 12.8. The number of likely N-dealkylation sites (N-methyl/N-ethyl adjacent to an activating group) is 1. The summed E-state index contributed by atoms with van der Waals surface area (Å²) in [5.74, 6) is 0.463. The van der Waals surface area contributed by atoms with Crippen molar-refractivity contribution >= 4 is 5.91 Å². The van der Waals surface area contributed by atoms with Gasteiger partial charge in [-0.25, -0.2) is 0 Å². The summed E-state index contributed by atoms with van der Waals surface area (Å²) in [6.07, 6.45) is 13.4. The number of aryl methyl sites for hydroxylation is 1. The molecule has 0 saturated heterocycles. The molecule has 1 amide bonds. The van der Waals surface area contributed by atoms with Crippen LogP contribution in [0.4, 0.5) is 0 Å². The summed E-state index contributed by atoms with van der Waals surface area (Å²) in [6.45, 7) is 10.9. The Bertz CT molecular complexity index is 1270. The molecule has 192 valence electrons. The molecule has 0 aliphatic heterocycles. The quantitative estimate of drug-likeness (QED) is 0.335. The number of H-pyrrole nitrogens is 1. The summed E-state index contributed by atoms with van der Waals surface area (Å²) < 4.78 is 0. The number of amides is 1. The molecule has 3 unspecified atom stereocenters. The van der Waals surface area contributed by atoms with Gasteiger partial charge in [0.25, 0.3) is 5.91 Å². The summed E-state index contributed by atoms with van der Waals surface area (Å²) in [6, 6.07) is 13.8. The maximum absolute atomic E-state index is 13.5. The fourth-order valence-corrected chi connectivity index (χ4v) is 4.99. The van der Waals surface area contributed by atoms with Crippen molar-refractivity contribution in [1.82, 2.24) is 25.4 Å². The second-order valence-corrected chi connectivity index (χ2v) is 10.0. The molecular formula is C31H37N5O. The molecule has 2 heterocycles. The van der Waals surface area contributed by atoms with Crippen molar-refractivity contribution in [3.05, 3.63) is 119 Å². The van der Waals surface area contributed by atoms with E-state index >= 15 is 0 Å². The third-order valence-electron chi connectivity index (χ3n) is 7.17. The Kier molecular flexibility index (Phi) is 8.19. The predicted molar refractivity (Wildman–Crippen MR) is 149 cm³/mol. The number of carbonyl (C=O) groups excluding carboxylic acids is 1. The molecule has 1 saturated carbocycles. The lowest BCUT2D eigenvalue weighted by molar-refractivity contribution is 0.0752. The van der Waals surface area contributed by atoms with Crippen molar-refractivity contribution in [2.45, 2.75) is 51.1 Å². The van der Waals surface area contributed by atoms with E-state index in [9.17, 15) is 4.79 Å². The number of aromatic nitrogens is 3. The number of rotatable bonds is 11. The largest absolute Gasteiger partial charge is 0.329 e. The van der Waals surface area contributed by atoms with Crippen LogP contribution in [-0.2, 0) is 6.42 Å². The van der Waals surface area contributed by atoms with Gasteiger partial charge < -0.3 is 10.2 Å². The molecule has 1 aliphatic rings. The summed E-state index contributed by atoms with van der Waals surface area (Å²) >= 11 is 0. The lowest BCUT2D eigenvalue weighted by Gasteiger charge is -2.28. The molecule has 3 atom stereocenters. The first kappa shape index (κ1) is 26.3. The number of pyridine rings is 1. The van der Waals surface area contributed by atoms with Crippen LogP contribution in [0.5, 0.6) is 0 Å². The number of nitrogens with one attached hydrogen (secondary N) is 2. The van der Waals surface area contributed by atoms with Gasteiger partial charge in [0.2, 0.25) is 0 Å². The summed E-state index contributed by atoms with van der Waals surface area (Å²) in [7, 11) is 1.82. The lowest BCUT2D eigenvalue weighted by Crippen LogP contribution is -2.32. The number of aromatic amines is 1. The molecule has 4 rings (SSSR count). The van der Waals surface area contributed by atoms with E-state index in [4.69, 9.17) is 0 Å². The van der Waals surface area contributed by atoms with E-state index in [0.29, 0.717) is 11.5 Å². The van der Waals surface area contributed by atoms with Crippen LogP contribution in [0.15, 0.2) is 91.3 Å². The molecule has 6 heteroatoms. The minimum Gasteiger partial charge on any atom is -0.329 e. The molecule has 37 heavy (non-hydrogen) atoms. The van der Waals surface area contributed by atoms with E-state index in [2.05, 4.69) is 52.2 Å². The second-order valence-electron chi connectivity index (χ2n) is 10.0. The Hall–Kier alpha value is -3.77. The second kappa shape index (κ2) is 11.5. The minimum atomic E-state index is -0.331. The first-order chi connectivity index (χ1) is 17.9. The Morgan fingerprint density at radius 3 is 2.73 bits per heavy atom. The third-order valence-corrected chi connectivity index (χ3v) is 7.17. The molecule has 3 aromatic rings. The van der Waals surface area contributed by atoms with Crippen molar-refractivity contribution < 1.29 is 4.79 Å². The van der Waals surface area contributed by atoms with E-state index in [1.165, 1.54) is 11.1 Å². The monoisotopic (exact) mass is 495 g/mol. The van der Waals surface area contributed by atoms with E-state index in [-0.39, 0.29) is 17.5 Å². The zero-order valence-corrected chi connectivity index (χ0v) is 22.2. The highest BCUT2D eigenvalue weighted by Gasteiger charge is 2.50. The van der Waals surface area contributed by atoms with Gasteiger partial charge in [-0.1, -0.05) is 49.1 Å². The molecule has 1 aliphatic carbocycles. The Balaban J connectivity index is 1.40. The van der Waals surface area contributed by atoms with Gasteiger partial charge in [0.05, 0.1) is 5.69 Å². The van der Waals surface area contributed by atoms with Crippen molar-refractivity contribution in [3.63, 3.8) is 0 Å². The zero-order valence-electron chi connectivity index (χ0n) is 22.2. The SMILES string of the molecule is C=C/C=C(\C=C/C)C(c1cc(C)[nH]n1)N(C)C(=O)c1ccc(CCNC2(C)CC2c2cccnc2)cc1. The molecule has 2 N–H and O–H groups in total. The van der Waals surface area contributed by atoms with Crippen molar-refractivity contribution in [1.29, 1.82) is 0 Å². The van der Waals surface area contributed by atoms with Crippen LogP contribution in [-0.4, -0.2) is 45.1 Å². The summed E-state index contributed by atoms with van der Waals surface area (Å²) in [4.78, 5) is 19.5. The van der Waals surface area contributed by atoms with Gasteiger partial charge in [0.1, 0.15) is 6.04 Å². The van der Waals surface area contributed by atoms with Gasteiger partial charge in [-0.05, 0) is 81.1 Å². The molecule has 0 radical (unpaired) electrons. The minimum absolute atomic E-state index is 0.0559. The highest BCUT2D eigenvalue weighted by molar-refractivity contribution is 5.94. The van der Waals surface area contributed by atoms with Gasteiger partial charge in [0.15, 0.2) is 0 Å². The lowest BCUT2D eigenvalue weighted by atomic mass is 9.99. The fraction of sp³-hybridized carbons (Fsp3) is 0.323.